The van der Waals surface area contributed by atoms with Crippen molar-refractivity contribution in [1.29, 1.82) is 0 Å². The van der Waals surface area contributed by atoms with Gasteiger partial charge in [-0.05, 0) is 38.3 Å². The summed E-state index contributed by atoms with van der Waals surface area (Å²) in [6.07, 6.45) is 2.59. The van der Waals surface area contributed by atoms with Crippen molar-refractivity contribution in [3.63, 3.8) is 0 Å². The second-order valence-corrected chi connectivity index (χ2v) is 9.14. The van der Waals surface area contributed by atoms with Gasteiger partial charge in [0.2, 0.25) is 11.8 Å². The normalized spacial score (nSPS) is 17.6. The minimum atomic E-state index is -0.495. The van der Waals surface area contributed by atoms with Crippen LogP contribution in [0.1, 0.15) is 45.0 Å². The summed E-state index contributed by atoms with van der Waals surface area (Å²) in [6, 6.07) is 7.18. The lowest BCUT2D eigenvalue weighted by atomic mass is 9.91. The van der Waals surface area contributed by atoms with Gasteiger partial charge in [-0.3, -0.25) is 9.59 Å². The first-order chi connectivity index (χ1) is 12.8. The van der Waals surface area contributed by atoms with E-state index in [1.165, 1.54) is 11.3 Å². The number of aromatic nitrogens is 2. The molecule has 7 heteroatoms. The number of piperidine rings is 1. The molecule has 0 radical (unpaired) electrons. The Balaban J connectivity index is 1.76. The maximum Gasteiger partial charge on any atom is 0.247 e. The lowest BCUT2D eigenvalue weighted by Crippen LogP contribution is -2.53. The molecule has 1 N–H and O–H groups in total. The highest BCUT2D eigenvalue weighted by molar-refractivity contribution is 7.14. The molecule has 6 nitrogen and oxygen atoms in total. The molecule has 1 aliphatic rings. The first-order valence-electron chi connectivity index (χ1n) is 9.28. The van der Waals surface area contributed by atoms with E-state index < -0.39 is 11.5 Å². The molecule has 144 valence electrons. The standard InChI is InChI=1S/C20H26N4O2S/c1-13-22-23-18(27-13)14-8-7-9-15(12-14)21-17(25)16-10-5-6-11-24(16)19(26)20(2,3)4/h7-9,12,16H,5-6,10-11H2,1-4H3,(H,21,25)/t16-/m1/s1. The zero-order valence-electron chi connectivity index (χ0n) is 16.3. The molecule has 1 aliphatic heterocycles. The van der Waals surface area contributed by atoms with E-state index in [4.69, 9.17) is 0 Å². The molecule has 0 saturated carbocycles. The highest BCUT2D eigenvalue weighted by Gasteiger charge is 2.36. The molecule has 0 aliphatic carbocycles. The van der Waals surface area contributed by atoms with Gasteiger partial charge in [0.05, 0.1) is 0 Å². The number of carbonyl (C=O) groups excluding carboxylic acids is 2. The summed E-state index contributed by atoms with van der Waals surface area (Å²) in [7, 11) is 0. The third kappa shape index (κ3) is 4.53. The van der Waals surface area contributed by atoms with Crippen LogP contribution in [-0.2, 0) is 9.59 Å². The molecule has 3 rings (SSSR count). The van der Waals surface area contributed by atoms with Crippen molar-refractivity contribution in [3.05, 3.63) is 29.3 Å². The van der Waals surface area contributed by atoms with Gasteiger partial charge in [0.1, 0.15) is 16.1 Å². The molecular formula is C20H26N4O2S. The number of nitrogens with one attached hydrogen (secondary N) is 1. The average Bonchev–Trinajstić information content (AvgIpc) is 3.07. The van der Waals surface area contributed by atoms with Crippen LogP contribution in [0.5, 0.6) is 0 Å². The van der Waals surface area contributed by atoms with Crippen molar-refractivity contribution in [2.45, 2.75) is 53.0 Å². The van der Waals surface area contributed by atoms with E-state index in [0.717, 1.165) is 28.4 Å². The Kier molecular flexibility index (Phi) is 5.60. The Morgan fingerprint density at radius 2 is 2.00 bits per heavy atom. The number of anilines is 1. The predicted molar refractivity (Wildman–Crippen MR) is 108 cm³/mol. The summed E-state index contributed by atoms with van der Waals surface area (Å²) < 4.78 is 0. The summed E-state index contributed by atoms with van der Waals surface area (Å²) in [6.45, 7) is 8.24. The van der Waals surface area contributed by atoms with Crippen LogP contribution in [-0.4, -0.2) is 39.5 Å². The van der Waals surface area contributed by atoms with Crippen molar-refractivity contribution in [3.8, 4) is 10.6 Å². The van der Waals surface area contributed by atoms with E-state index in [9.17, 15) is 9.59 Å². The summed E-state index contributed by atoms with van der Waals surface area (Å²) in [5.41, 5.74) is 1.13. The van der Waals surface area contributed by atoms with Gasteiger partial charge in [0.25, 0.3) is 0 Å². The summed E-state index contributed by atoms with van der Waals surface area (Å²) in [4.78, 5) is 27.4. The van der Waals surface area contributed by atoms with Crippen LogP contribution in [0.2, 0.25) is 0 Å². The summed E-state index contributed by atoms with van der Waals surface area (Å²) in [5, 5.41) is 12.9. The molecule has 2 amide bonds. The van der Waals surface area contributed by atoms with Crippen LogP contribution in [0, 0.1) is 12.3 Å². The maximum absolute atomic E-state index is 12.9. The SMILES string of the molecule is Cc1nnc(-c2cccc(NC(=O)[C@H]3CCCCN3C(=O)C(C)(C)C)c2)s1. The van der Waals surface area contributed by atoms with E-state index in [2.05, 4.69) is 15.5 Å². The zero-order valence-corrected chi connectivity index (χ0v) is 17.1. The molecule has 2 aromatic rings. The van der Waals surface area contributed by atoms with Gasteiger partial charge in [-0.15, -0.1) is 10.2 Å². The van der Waals surface area contributed by atoms with E-state index in [1.54, 1.807) is 4.90 Å². The molecule has 1 aromatic carbocycles. The number of carbonyl (C=O) groups is 2. The van der Waals surface area contributed by atoms with Crippen LogP contribution in [0.15, 0.2) is 24.3 Å². The highest BCUT2D eigenvalue weighted by Crippen LogP contribution is 2.28. The second-order valence-electron chi connectivity index (χ2n) is 7.96. The molecule has 1 aromatic heterocycles. The Morgan fingerprint density at radius 1 is 1.22 bits per heavy atom. The van der Waals surface area contributed by atoms with E-state index in [0.29, 0.717) is 18.7 Å². The quantitative estimate of drug-likeness (QED) is 0.869. The molecule has 1 fully saturated rings. The first kappa shape index (κ1) is 19.5. The van der Waals surface area contributed by atoms with E-state index in [1.807, 2.05) is 52.0 Å². The summed E-state index contributed by atoms with van der Waals surface area (Å²) in [5.74, 6) is -0.0988. The van der Waals surface area contributed by atoms with E-state index >= 15 is 0 Å². The van der Waals surface area contributed by atoms with Crippen molar-refractivity contribution >= 4 is 28.8 Å². The number of benzene rings is 1. The molecule has 1 atom stereocenters. The van der Waals surface area contributed by atoms with Gasteiger partial charge in [0, 0.05) is 23.2 Å². The van der Waals surface area contributed by atoms with E-state index in [-0.39, 0.29) is 11.8 Å². The van der Waals surface area contributed by atoms with Gasteiger partial charge in [-0.1, -0.05) is 44.2 Å². The highest BCUT2D eigenvalue weighted by atomic mass is 32.1. The second kappa shape index (κ2) is 7.76. The fourth-order valence-electron chi connectivity index (χ4n) is 3.25. The Bertz CT molecular complexity index is 841. The minimum absolute atomic E-state index is 0.0282. The Hall–Kier alpha value is -2.28. The minimum Gasteiger partial charge on any atom is -0.330 e. The number of hydrogen-bond donors (Lipinski definition) is 1. The van der Waals surface area contributed by atoms with Crippen LogP contribution in [0.3, 0.4) is 0 Å². The summed E-state index contributed by atoms with van der Waals surface area (Å²) >= 11 is 1.52. The Labute approximate surface area is 164 Å². The average molecular weight is 387 g/mol. The van der Waals surface area contributed by atoms with Crippen LogP contribution in [0.25, 0.3) is 10.6 Å². The number of nitrogens with zero attached hydrogens (tertiary/aromatic N) is 3. The number of aryl methyl sites for hydroxylation is 1. The van der Waals surface area contributed by atoms with Gasteiger partial charge in [-0.2, -0.15) is 0 Å². The first-order valence-corrected chi connectivity index (χ1v) is 10.1. The molecular weight excluding hydrogens is 360 g/mol. The fourth-order valence-corrected chi connectivity index (χ4v) is 3.93. The molecule has 1 saturated heterocycles. The van der Waals surface area contributed by atoms with Gasteiger partial charge < -0.3 is 10.2 Å². The van der Waals surface area contributed by atoms with Crippen molar-refractivity contribution in [2.75, 3.05) is 11.9 Å². The fraction of sp³-hybridized carbons (Fsp3) is 0.500. The van der Waals surface area contributed by atoms with Gasteiger partial charge >= 0.3 is 0 Å². The lowest BCUT2D eigenvalue weighted by molar-refractivity contribution is -0.147. The predicted octanol–water partition coefficient (Wildman–Crippen LogP) is 3.88. The monoisotopic (exact) mass is 386 g/mol. The third-order valence-corrected chi connectivity index (χ3v) is 5.50. The Morgan fingerprint density at radius 3 is 2.67 bits per heavy atom. The molecule has 27 heavy (non-hydrogen) atoms. The smallest absolute Gasteiger partial charge is 0.247 e. The number of hydrogen-bond acceptors (Lipinski definition) is 5. The zero-order chi connectivity index (χ0) is 19.6. The number of rotatable bonds is 3. The van der Waals surface area contributed by atoms with Crippen LogP contribution in [0.4, 0.5) is 5.69 Å². The van der Waals surface area contributed by atoms with Crippen molar-refractivity contribution in [1.82, 2.24) is 15.1 Å². The molecule has 0 spiro atoms. The van der Waals surface area contributed by atoms with Crippen molar-refractivity contribution < 1.29 is 9.59 Å². The molecule has 0 bridgehead atoms. The van der Waals surface area contributed by atoms with Crippen LogP contribution >= 0.6 is 11.3 Å². The van der Waals surface area contributed by atoms with Crippen molar-refractivity contribution in [2.24, 2.45) is 5.41 Å². The molecule has 2 heterocycles. The topological polar surface area (TPSA) is 75.2 Å². The largest absolute Gasteiger partial charge is 0.330 e. The number of amides is 2. The third-order valence-electron chi connectivity index (χ3n) is 4.61. The van der Waals surface area contributed by atoms with Crippen LogP contribution < -0.4 is 5.32 Å². The van der Waals surface area contributed by atoms with Gasteiger partial charge in [0.15, 0.2) is 0 Å². The maximum atomic E-state index is 12.9. The molecule has 0 unspecified atom stereocenters. The lowest BCUT2D eigenvalue weighted by Gasteiger charge is -2.38. The van der Waals surface area contributed by atoms with Gasteiger partial charge in [-0.25, -0.2) is 0 Å². The number of likely N-dealkylation sites (tertiary alicyclic amines) is 1.